The first-order valence-corrected chi connectivity index (χ1v) is 18.7. The van der Waals surface area contributed by atoms with Crippen LogP contribution in [0.1, 0.15) is 26.7 Å². The summed E-state index contributed by atoms with van der Waals surface area (Å²) < 4.78 is 23.6. The number of rotatable bonds is 9. The number of ether oxygens (including phenoxy) is 4. The molecule has 0 aliphatic heterocycles. The van der Waals surface area contributed by atoms with Crippen LogP contribution in [-0.2, 0) is 16.1 Å². The molecule has 0 radical (unpaired) electrons. The Bertz CT molecular complexity index is 2610. The van der Waals surface area contributed by atoms with Crippen molar-refractivity contribution >= 4 is 70.9 Å². The first-order chi connectivity index (χ1) is 29.6. The second kappa shape index (κ2) is 23.0. The third-order valence-corrected chi connectivity index (χ3v) is 9.00. The molecule has 5 N–H and O–H groups in total. The van der Waals surface area contributed by atoms with Gasteiger partial charge in [-0.2, -0.15) is 0 Å². The number of benzene rings is 4. The molecule has 7 rings (SSSR count). The fourth-order valence-corrected chi connectivity index (χ4v) is 5.21. The van der Waals surface area contributed by atoms with Gasteiger partial charge in [0.25, 0.3) is 0 Å². The zero-order chi connectivity index (χ0) is 45.5. The molecule has 0 saturated carbocycles. The highest BCUT2D eigenvalue weighted by Crippen LogP contribution is 2.28. The Kier molecular flexibility index (Phi) is 17.8. The van der Waals surface area contributed by atoms with Crippen molar-refractivity contribution in [3.8, 4) is 40.1 Å². The number of carbonyl (C=O) groups excluding carboxylic acids is 2. The third-order valence-electron chi connectivity index (χ3n) is 7.74. The van der Waals surface area contributed by atoms with Gasteiger partial charge in [0, 0.05) is 18.2 Å². The Morgan fingerprint density at radius 1 is 0.581 bits per heavy atom. The zero-order valence-electron chi connectivity index (χ0n) is 32.7. The van der Waals surface area contributed by atoms with E-state index in [0.29, 0.717) is 38.6 Å². The van der Waals surface area contributed by atoms with Gasteiger partial charge in [-0.3, -0.25) is 0 Å². The van der Waals surface area contributed by atoms with Crippen molar-refractivity contribution in [3.63, 3.8) is 0 Å². The van der Waals surface area contributed by atoms with Crippen LogP contribution in [0.4, 0.5) is 0 Å². The Balaban J connectivity index is 0.000000184. The Labute approximate surface area is 372 Å². The largest absolute Gasteiger partial charge is 0.506 e. The van der Waals surface area contributed by atoms with Gasteiger partial charge in [-0.25, -0.2) is 23.6 Å². The van der Waals surface area contributed by atoms with E-state index in [2.05, 4.69) is 40.4 Å². The number of hydrogen-bond donors (Lipinski definition) is 5. The lowest BCUT2D eigenvalue weighted by molar-refractivity contribution is 0.0585. The Morgan fingerprint density at radius 3 is 1.37 bits per heavy atom. The number of phenolic OH excluding ortho intramolecular Hbond substituents is 2. The molecule has 0 spiro atoms. The van der Waals surface area contributed by atoms with Crippen molar-refractivity contribution in [2.45, 2.75) is 6.61 Å². The molecule has 7 aromatic rings. The number of methoxy groups -OCH3 is 4. The van der Waals surface area contributed by atoms with Gasteiger partial charge < -0.3 is 44.3 Å². The highest BCUT2D eigenvalue weighted by molar-refractivity contribution is 6.58. The molecule has 0 fully saturated rings. The van der Waals surface area contributed by atoms with Crippen LogP contribution in [-0.4, -0.2) is 118 Å². The summed E-state index contributed by atoms with van der Waals surface area (Å²) >= 11 is 23.0. The summed E-state index contributed by atoms with van der Waals surface area (Å²) in [5.41, 5.74) is 2.93. The summed E-state index contributed by atoms with van der Waals surface area (Å²) in [6, 6.07) is 19.0. The molecule has 324 valence electrons. The lowest BCUT2D eigenvalue weighted by Crippen LogP contribution is -2.29. The predicted molar refractivity (Wildman–Crippen MR) is 225 cm³/mol. The van der Waals surface area contributed by atoms with Crippen LogP contribution in [0.5, 0.6) is 23.0 Å². The van der Waals surface area contributed by atoms with Gasteiger partial charge in [0.05, 0.1) is 90.8 Å². The molecule has 0 atom stereocenters. The van der Waals surface area contributed by atoms with E-state index in [-0.39, 0.29) is 45.0 Å². The van der Waals surface area contributed by atoms with Crippen LogP contribution in [0, 0.1) is 0 Å². The van der Waals surface area contributed by atoms with Crippen LogP contribution in [0.3, 0.4) is 0 Å². The van der Waals surface area contributed by atoms with Crippen LogP contribution in [0.2, 0.25) is 20.1 Å². The van der Waals surface area contributed by atoms with E-state index in [1.54, 1.807) is 60.5 Å². The van der Waals surface area contributed by atoms with E-state index in [0.717, 1.165) is 5.69 Å². The number of aliphatic hydroxyl groups is 1. The van der Waals surface area contributed by atoms with E-state index in [4.69, 9.17) is 76.1 Å². The van der Waals surface area contributed by atoms with Crippen molar-refractivity contribution < 1.29 is 53.9 Å². The lowest BCUT2D eigenvalue weighted by atomic mass is 9.80. The predicted octanol–water partition coefficient (Wildman–Crippen LogP) is 4.28. The van der Waals surface area contributed by atoms with Gasteiger partial charge >= 0.3 is 19.1 Å². The summed E-state index contributed by atoms with van der Waals surface area (Å²) in [7, 11) is 4.04. The fraction of sp³-hybridized carbons (Fsp3) is 0.135. The summed E-state index contributed by atoms with van der Waals surface area (Å²) in [5, 5.41) is 68.6. The molecule has 0 saturated heterocycles. The summed E-state index contributed by atoms with van der Waals surface area (Å²) in [5.74, 6) is -0.252. The monoisotopic (exact) mass is 931 g/mol. The fourth-order valence-electron chi connectivity index (χ4n) is 4.59. The van der Waals surface area contributed by atoms with Gasteiger partial charge in [-0.1, -0.05) is 68.1 Å². The first-order valence-electron chi connectivity index (χ1n) is 17.2. The van der Waals surface area contributed by atoms with Gasteiger partial charge in [-0.15, -0.1) is 15.3 Å². The number of aromatic hydroxyl groups is 2. The minimum absolute atomic E-state index is 0.0701. The van der Waals surface area contributed by atoms with Gasteiger partial charge in [0.1, 0.15) is 28.7 Å². The molecule has 3 heterocycles. The topological polar surface area (TPSA) is 264 Å². The molecule has 0 amide bonds. The molecule has 4 aromatic carbocycles. The molecular weight excluding hydrogens is 899 g/mol. The van der Waals surface area contributed by atoms with Crippen molar-refractivity contribution in [2.24, 2.45) is 0 Å². The maximum absolute atomic E-state index is 11.3. The second-order valence-corrected chi connectivity index (χ2v) is 13.4. The molecule has 20 nitrogen and oxygen atoms in total. The number of phenols is 2. The number of carbonyl (C=O) groups is 2. The number of aromatic nitrogens is 9. The quantitative estimate of drug-likeness (QED) is 0.0999. The molecule has 62 heavy (non-hydrogen) atoms. The van der Waals surface area contributed by atoms with Crippen molar-refractivity contribution in [3.05, 3.63) is 129 Å². The molecule has 0 unspecified atom stereocenters. The van der Waals surface area contributed by atoms with Crippen LogP contribution in [0.15, 0.2) is 91.4 Å². The second-order valence-electron chi connectivity index (χ2n) is 11.8. The molecule has 0 bridgehead atoms. The summed E-state index contributed by atoms with van der Waals surface area (Å²) in [6.07, 6.45) is 4.51. The lowest BCUT2D eigenvalue weighted by Gasteiger charge is -2.05. The normalized spacial score (nSPS) is 10.2. The van der Waals surface area contributed by atoms with E-state index in [1.807, 2.05) is 0 Å². The van der Waals surface area contributed by atoms with Crippen molar-refractivity contribution in [1.29, 1.82) is 0 Å². The Morgan fingerprint density at radius 2 is 0.984 bits per heavy atom. The first kappa shape index (κ1) is 48.2. The van der Waals surface area contributed by atoms with E-state index in [9.17, 15) is 14.7 Å². The number of aliphatic hydroxyl groups excluding tert-OH is 1. The molecule has 3 aromatic heterocycles. The van der Waals surface area contributed by atoms with Crippen LogP contribution >= 0.6 is 46.4 Å². The number of hydrogen-bond acceptors (Lipinski definition) is 17. The molecule has 0 aliphatic rings. The average molecular weight is 933 g/mol. The van der Waals surface area contributed by atoms with Gasteiger partial charge in [-0.05, 0) is 54.0 Å². The summed E-state index contributed by atoms with van der Waals surface area (Å²) in [4.78, 5) is 22.4. The molecular formula is C37H34BCl4N9O11. The number of nitrogens with zero attached hydrogens (tertiary/aromatic N) is 9. The van der Waals surface area contributed by atoms with Crippen molar-refractivity contribution in [1.82, 2.24) is 45.0 Å². The third kappa shape index (κ3) is 13.0. The minimum atomic E-state index is -1.57. The highest BCUT2D eigenvalue weighted by atomic mass is 35.5. The van der Waals surface area contributed by atoms with E-state index in [1.165, 1.54) is 73.4 Å². The summed E-state index contributed by atoms with van der Waals surface area (Å²) in [6.45, 7) is -0.134. The SMILES string of the molecule is COC(=O)c1cn(-c2ccc(Cl)c(O)c2)nn1.COC(=O)c1cn(-c2ccc(Cl)c(OC)c2)nn1.COc1cc(-n2cc(CO)nn2)ccc1Cl.OB(O)c1ccc(Cl)c(O)c1. The van der Waals surface area contributed by atoms with E-state index < -0.39 is 19.1 Å². The number of halogens is 4. The highest BCUT2D eigenvalue weighted by Gasteiger charge is 2.15. The standard InChI is InChI=1S/C11H10ClN3O3.C10H8ClN3O3.C10H10ClN3O2.C6H6BClO3/c1-17-10-5-7(3-4-8(10)12)15-6-9(13-14-15)11(16)18-2;1-17-10(16)8-5-14(13-12-8)6-2-3-7(11)9(15)4-6;1-16-10-4-8(2-3-9(10)11)14-5-7(6-15)12-13-14;8-5-2-1-4(7(10)11)3-6(5)9/h3-6H,1-2H3;2-5,15H,1H3;2-5,15H,6H2,1H3;1-3,9-11H. The number of esters is 2. The maximum Gasteiger partial charge on any atom is 0.488 e. The van der Waals surface area contributed by atoms with Crippen molar-refractivity contribution in [2.75, 3.05) is 28.4 Å². The molecule has 25 heteroatoms. The van der Waals surface area contributed by atoms with Gasteiger partial charge in [0.2, 0.25) is 0 Å². The smallest absolute Gasteiger partial charge is 0.488 e. The maximum atomic E-state index is 11.3. The average Bonchev–Trinajstić information content (AvgIpc) is 4.09. The van der Waals surface area contributed by atoms with Crippen LogP contribution < -0.4 is 14.9 Å². The molecule has 0 aliphatic carbocycles. The van der Waals surface area contributed by atoms with E-state index >= 15 is 0 Å². The van der Waals surface area contributed by atoms with Crippen LogP contribution in [0.25, 0.3) is 17.1 Å². The minimum Gasteiger partial charge on any atom is -0.506 e. The zero-order valence-corrected chi connectivity index (χ0v) is 35.7. The Hall–Kier alpha value is -6.46. The van der Waals surface area contributed by atoms with Gasteiger partial charge in [0.15, 0.2) is 11.4 Å².